The van der Waals surface area contributed by atoms with Crippen LogP contribution < -0.4 is 0 Å². The number of aromatic nitrogens is 2. The molecule has 4 nitrogen and oxygen atoms in total. The van der Waals surface area contributed by atoms with Crippen LogP contribution in [0.2, 0.25) is 0 Å². The van der Waals surface area contributed by atoms with E-state index >= 15 is 0 Å². The maximum Gasteiger partial charge on any atom is 0.101 e. The van der Waals surface area contributed by atoms with Crippen molar-refractivity contribution in [2.45, 2.75) is 63.2 Å². The van der Waals surface area contributed by atoms with E-state index in [0.29, 0.717) is 29.2 Å². The van der Waals surface area contributed by atoms with E-state index in [-0.39, 0.29) is 0 Å². The summed E-state index contributed by atoms with van der Waals surface area (Å²) in [5, 5.41) is 30.6. The van der Waals surface area contributed by atoms with Crippen LogP contribution in [0.3, 0.4) is 0 Å². The minimum absolute atomic E-state index is 0.383. The molecule has 10 aromatic carbocycles. The summed E-state index contributed by atoms with van der Waals surface area (Å²) in [5.74, 6) is 2.14. The summed E-state index contributed by atoms with van der Waals surface area (Å²) < 4.78 is 4.95. The third-order valence-corrected chi connectivity index (χ3v) is 20.1. The molecule has 0 saturated heterocycles. The Morgan fingerprint density at radius 2 is 1.01 bits per heavy atom. The van der Waals surface area contributed by atoms with E-state index in [1.807, 2.05) is 0 Å². The number of hydrogen-bond donors (Lipinski definition) is 0. The fraction of sp³-hybridized carbons (Fsp3) is 0.162. The number of aryl methyl sites for hydroxylation is 2. The molecule has 0 aliphatic heterocycles. The van der Waals surface area contributed by atoms with Gasteiger partial charge in [-0.2, -0.15) is 10.5 Å². The number of benzene rings is 10. The predicted molar refractivity (Wildman–Crippen MR) is 317 cm³/mol. The molecule has 0 N–H and O–H groups in total. The molecule has 2 saturated carbocycles. The molecule has 13 aromatic rings. The molecule has 3 heterocycles. The molecule has 19 rings (SSSR count). The highest BCUT2D eigenvalue weighted by Crippen LogP contribution is 2.67. The summed E-state index contributed by atoms with van der Waals surface area (Å²) in [7, 11) is 0. The van der Waals surface area contributed by atoms with Crippen molar-refractivity contribution in [3.05, 3.63) is 238 Å². The van der Waals surface area contributed by atoms with Crippen LogP contribution in [0.5, 0.6) is 0 Å². The molecule has 3 aromatic heterocycles. The Morgan fingerprint density at radius 1 is 0.423 bits per heavy atom. The molecule has 2 unspecified atom stereocenters. The van der Waals surface area contributed by atoms with E-state index in [4.69, 9.17) is 0 Å². The second-order valence-electron chi connectivity index (χ2n) is 23.7. The Labute approximate surface area is 452 Å². The van der Waals surface area contributed by atoms with Crippen molar-refractivity contribution in [3.8, 4) is 62.3 Å². The van der Waals surface area contributed by atoms with Gasteiger partial charge in [-0.15, -0.1) is 0 Å². The van der Waals surface area contributed by atoms with Crippen molar-refractivity contribution >= 4 is 59.9 Å². The van der Waals surface area contributed by atoms with Gasteiger partial charge in [0, 0.05) is 37.9 Å². The highest BCUT2D eigenvalue weighted by atomic mass is 15.0. The Balaban J connectivity index is 1.09. The fourth-order valence-corrected chi connectivity index (χ4v) is 17.6. The zero-order valence-electron chi connectivity index (χ0n) is 43.5. The van der Waals surface area contributed by atoms with Gasteiger partial charge >= 0.3 is 0 Å². The summed E-state index contributed by atoms with van der Waals surface area (Å²) in [6, 6.07) is 73.5. The minimum atomic E-state index is -0.587. The fourth-order valence-electron chi connectivity index (χ4n) is 17.6. The molecule has 0 radical (unpaired) electrons. The molecule has 4 bridgehead atoms. The standard InChI is InChI=1S/C74H50N4/c1-40-15-14-16-41(2)64(40)45-27-28-54-61(34-45)77(60-26-13-9-19-50(60)44-17-4-3-5-18-44)72-49(39-76)36-62-68(69(54)72)55-37-59-67(53-22-8-12-25-58(53)74(59)56-23-10-6-20-51(56)52-21-7-11-24-57(52)74)71-70-63(78(62)73(55)71)35-48(38-75)65-46-30-42-29-43(31-46)33-47(32-42)66(65)70/h3-28,34-37,42-43,46-47H,29-33H2,1-2H3. The van der Waals surface area contributed by atoms with Gasteiger partial charge in [0.15, 0.2) is 0 Å². The number of nitriles is 2. The first-order valence-electron chi connectivity index (χ1n) is 28.1. The van der Waals surface area contributed by atoms with E-state index in [9.17, 15) is 10.5 Å². The highest BCUT2D eigenvalue weighted by Gasteiger charge is 2.53. The third kappa shape index (κ3) is 5.11. The second kappa shape index (κ2) is 15.0. The lowest BCUT2D eigenvalue weighted by Crippen LogP contribution is -2.25. The third-order valence-electron chi connectivity index (χ3n) is 20.1. The van der Waals surface area contributed by atoms with Crippen molar-refractivity contribution in [2.75, 3.05) is 0 Å². The molecule has 6 aliphatic rings. The van der Waals surface area contributed by atoms with Gasteiger partial charge in [0.2, 0.25) is 0 Å². The maximum absolute atomic E-state index is 11.9. The largest absolute Gasteiger partial charge is 0.308 e. The van der Waals surface area contributed by atoms with E-state index in [2.05, 4.69) is 217 Å². The summed E-state index contributed by atoms with van der Waals surface area (Å²) in [6.45, 7) is 4.42. The zero-order valence-corrected chi connectivity index (χ0v) is 43.5. The van der Waals surface area contributed by atoms with E-state index in [1.165, 1.54) is 126 Å². The van der Waals surface area contributed by atoms with Gasteiger partial charge in [-0.05, 0) is 183 Å². The number of rotatable bonds is 3. The number of hydrogen-bond acceptors (Lipinski definition) is 2. The Morgan fingerprint density at radius 3 is 1.71 bits per heavy atom. The Bertz CT molecular complexity index is 4890. The minimum Gasteiger partial charge on any atom is -0.308 e. The van der Waals surface area contributed by atoms with Crippen LogP contribution in [0.4, 0.5) is 0 Å². The molecule has 6 aliphatic carbocycles. The smallest absolute Gasteiger partial charge is 0.101 e. The van der Waals surface area contributed by atoms with Gasteiger partial charge in [-0.25, -0.2) is 0 Å². The van der Waals surface area contributed by atoms with Gasteiger partial charge < -0.3 is 8.97 Å². The van der Waals surface area contributed by atoms with Crippen LogP contribution in [0, 0.1) is 48.3 Å². The van der Waals surface area contributed by atoms with E-state index < -0.39 is 5.41 Å². The lowest BCUT2D eigenvalue weighted by atomic mass is 9.67. The van der Waals surface area contributed by atoms with Crippen molar-refractivity contribution < 1.29 is 0 Å². The van der Waals surface area contributed by atoms with Gasteiger partial charge in [0.1, 0.15) is 6.07 Å². The molecule has 2 atom stereocenters. The van der Waals surface area contributed by atoms with Gasteiger partial charge in [0.05, 0.1) is 55.9 Å². The van der Waals surface area contributed by atoms with Crippen molar-refractivity contribution in [3.63, 3.8) is 0 Å². The lowest BCUT2D eigenvalue weighted by molar-refractivity contribution is 0.166. The molecule has 2 fully saturated rings. The van der Waals surface area contributed by atoms with Crippen LogP contribution in [-0.4, -0.2) is 8.97 Å². The van der Waals surface area contributed by atoms with Crippen molar-refractivity contribution in [1.29, 1.82) is 10.5 Å². The Hall–Kier alpha value is -9.22. The SMILES string of the molecule is Cc1cccc(C)c1-c1ccc2c3c4c5cc6c(c7c8c9c(c(C#N)cc8n(c4cc(C#N)c3n(-c3ccccc3-c3ccccc3)c2c1)c57)C1CC2CC(C1)CC9C2)-c1ccccc1C61c2ccccc2-c2ccccc21. The molecular weight excluding hydrogens is 945 g/mol. The highest BCUT2D eigenvalue weighted by molar-refractivity contribution is 6.36. The van der Waals surface area contributed by atoms with Crippen LogP contribution in [0.1, 0.15) is 99.6 Å². The molecule has 0 amide bonds. The quantitative estimate of drug-likeness (QED) is 0.177. The number of para-hydroxylation sites is 1. The summed E-state index contributed by atoms with van der Waals surface area (Å²) in [6.07, 6.45) is 6.04. The van der Waals surface area contributed by atoms with Crippen LogP contribution in [-0.2, 0) is 5.41 Å². The van der Waals surface area contributed by atoms with Crippen molar-refractivity contribution in [2.24, 2.45) is 11.8 Å². The second-order valence-corrected chi connectivity index (χ2v) is 23.7. The van der Waals surface area contributed by atoms with Gasteiger partial charge in [0.25, 0.3) is 0 Å². The molecule has 4 heteroatoms. The van der Waals surface area contributed by atoms with Gasteiger partial charge in [-0.1, -0.05) is 152 Å². The Kier molecular flexibility index (Phi) is 8.28. The average molecular weight is 995 g/mol. The van der Waals surface area contributed by atoms with Crippen molar-refractivity contribution in [1.82, 2.24) is 8.97 Å². The average Bonchev–Trinajstić information content (AvgIpc) is 3.11. The van der Waals surface area contributed by atoms with Gasteiger partial charge in [-0.3, -0.25) is 0 Å². The summed E-state index contributed by atoms with van der Waals surface area (Å²) in [4.78, 5) is 0. The number of fused-ring (bicyclic) bond motifs is 21. The zero-order chi connectivity index (χ0) is 51.4. The topological polar surface area (TPSA) is 56.9 Å². The van der Waals surface area contributed by atoms with E-state index in [0.717, 1.165) is 66.2 Å². The first-order valence-corrected chi connectivity index (χ1v) is 28.1. The lowest BCUT2D eigenvalue weighted by Gasteiger charge is -2.38. The molecule has 366 valence electrons. The first-order chi connectivity index (χ1) is 38.4. The van der Waals surface area contributed by atoms with Crippen LogP contribution in [0.25, 0.3) is 110 Å². The summed E-state index contributed by atoms with van der Waals surface area (Å²) in [5.41, 5.74) is 27.5. The molecule has 78 heavy (non-hydrogen) atoms. The van der Waals surface area contributed by atoms with E-state index in [1.54, 1.807) is 0 Å². The predicted octanol–water partition coefficient (Wildman–Crippen LogP) is 18.4. The maximum atomic E-state index is 11.9. The molecule has 1 spiro atoms. The monoisotopic (exact) mass is 994 g/mol. The summed E-state index contributed by atoms with van der Waals surface area (Å²) >= 11 is 0. The molecular formula is C74H50N4. The normalized spacial score (nSPS) is 19.0. The van der Waals surface area contributed by atoms with Crippen LogP contribution in [0.15, 0.2) is 182 Å². The number of nitrogens with zero attached hydrogens (tertiary/aromatic N) is 4. The first kappa shape index (κ1) is 42.9. The van der Waals surface area contributed by atoms with Crippen LogP contribution >= 0.6 is 0 Å².